The molecule has 6 nitrogen and oxygen atoms in total. The molecular weight excluding hydrogens is 246 g/mol. The fourth-order valence-electron chi connectivity index (χ4n) is 2.27. The lowest BCUT2D eigenvalue weighted by Gasteiger charge is -2.38. The molecule has 2 atom stereocenters. The Morgan fingerprint density at radius 2 is 2.11 bits per heavy atom. The van der Waals surface area contributed by atoms with E-state index in [0.29, 0.717) is 19.4 Å². The molecule has 0 aromatic carbocycles. The number of amides is 2. The van der Waals surface area contributed by atoms with E-state index in [2.05, 4.69) is 17.3 Å². The number of hydrogen-bond acceptors (Lipinski definition) is 3. The lowest BCUT2D eigenvalue weighted by atomic mass is 10.1. The van der Waals surface area contributed by atoms with Crippen LogP contribution in [0.25, 0.3) is 0 Å². The second-order valence-electron chi connectivity index (χ2n) is 5.42. The fourth-order valence-corrected chi connectivity index (χ4v) is 2.27. The SMILES string of the molecule is CC(CCCNC(=O)N1CCN(C)CC1C)C(=O)O. The summed E-state index contributed by atoms with van der Waals surface area (Å²) < 4.78 is 0. The number of likely N-dealkylation sites (N-methyl/N-ethyl adjacent to an activating group) is 1. The summed E-state index contributed by atoms with van der Waals surface area (Å²) in [5.74, 6) is -1.13. The van der Waals surface area contributed by atoms with E-state index in [1.165, 1.54) is 0 Å². The van der Waals surface area contributed by atoms with Crippen LogP contribution in [0.15, 0.2) is 0 Å². The van der Waals surface area contributed by atoms with Crippen molar-refractivity contribution in [3.8, 4) is 0 Å². The highest BCUT2D eigenvalue weighted by atomic mass is 16.4. The monoisotopic (exact) mass is 271 g/mol. The van der Waals surface area contributed by atoms with Crippen LogP contribution in [-0.4, -0.2) is 66.2 Å². The third-order valence-electron chi connectivity index (χ3n) is 3.60. The quantitative estimate of drug-likeness (QED) is 0.727. The van der Waals surface area contributed by atoms with E-state index in [9.17, 15) is 9.59 Å². The van der Waals surface area contributed by atoms with Crippen molar-refractivity contribution in [2.24, 2.45) is 5.92 Å². The van der Waals surface area contributed by atoms with Crippen LogP contribution in [0.5, 0.6) is 0 Å². The maximum absolute atomic E-state index is 12.0. The molecule has 0 aromatic heterocycles. The number of carbonyl (C=O) groups is 2. The van der Waals surface area contributed by atoms with Crippen LogP contribution < -0.4 is 5.32 Å². The number of piperazine rings is 1. The Bertz CT molecular complexity index is 322. The lowest BCUT2D eigenvalue weighted by molar-refractivity contribution is -0.141. The van der Waals surface area contributed by atoms with Crippen molar-refractivity contribution in [2.75, 3.05) is 33.2 Å². The largest absolute Gasteiger partial charge is 0.481 e. The highest BCUT2D eigenvalue weighted by Crippen LogP contribution is 2.08. The number of carboxylic acid groups (broad SMARTS) is 1. The highest BCUT2D eigenvalue weighted by molar-refractivity contribution is 5.74. The summed E-state index contributed by atoms with van der Waals surface area (Å²) in [6, 6.07) is 0.181. The zero-order valence-corrected chi connectivity index (χ0v) is 12.1. The maximum atomic E-state index is 12.0. The molecule has 2 unspecified atom stereocenters. The molecule has 0 bridgehead atoms. The number of nitrogens with zero attached hydrogens (tertiary/aromatic N) is 2. The average Bonchev–Trinajstić information content (AvgIpc) is 2.33. The molecule has 1 saturated heterocycles. The van der Waals surface area contributed by atoms with Gasteiger partial charge in [0.05, 0.1) is 5.92 Å². The lowest BCUT2D eigenvalue weighted by Crippen LogP contribution is -2.55. The molecule has 2 N–H and O–H groups in total. The number of carboxylic acids is 1. The Morgan fingerprint density at radius 1 is 1.42 bits per heavy atom. The minimum absolute atomic E-state index is 0.0384. The summed E-state index contributed by atoms with van der Waals surface area (Å²) in [6.45, 7) is 6.80. The van der Waals surface area contributed by atoms with Crippen molar-refractivity contribution < 1.29 is 14.7 Å². The average molecular weight is 271 g/mol. The van der Waals surface area contributed by atoms with Gasteiger partial charge in [-0.15, -0.1) is 0 Å². The zero-order valence-electron chi connectivity index (χ0n) is 12.1. The van der Waals surface area contributed by atoms with E-state index in [4.69, 9.17) is 5.11 Å². The molecule has 1 heterocycles. The summed E-state index contributed by atoms with van der Waals surface area (Å²) in [7, 11) is 2.05. The Morgan fingerprint density at radius 3 is 2.68 bits per heavy atom. The fraction of sp³-hybridized carbons (Fsp3) is 0.846. The molecular formula is C13H25N3O3. The molecule has 0 spiro atoms. The molecule has 1 aliphatic heterocycles. The van der Waals surface area contributed by atoms with Crippen LogP contribution in [0.2, 0.25) is 0 Å². The van der Waals surface area contributed by atoms with Gasteiger partial charge < -0.3 is 20.2 Å². The van der Waals surface area contributed by atoms with Crippen LogP contribution in [0.4, 0.5) is 4.79 Å². The second-order valence-corrected chi connectivity index (χ2v) is 5.42. The van der Waals surface area contributed by atoms with Gasteiger partial charge in [0.1, 0.15) is 0 Å². The molecule has 19 heavy (non-hydrogen) atoms. The van der Waals surface area contributed by atoms with Crippen LogP contribution in [0.1, 0.15) is 26.7 Å². The van der Waals surface area contributed by atoms with Gasteiger partial charge >= 0.3 is 12.0 Å². The third-order valence-corrected chi connectivity index (χ3v) is 3.60. The van der Waals surface area contributed by atoms with Crippen molar-refractivity contribution in [1.82, 2.24) is 15.1 Å². The standard InChI is InChI=1S/C13H25N3O3/c1-10(12(17)18)5-4-6-14-13(19)16-8-7-15(3)9-11(16)2/h10-11H,4-9H2,1-3H3,(H,14,19)(H,17,18). The van der Waals surface area contributed by atoms with Crippen LogP contribution >= 0.6 is 0 Å². The van der Waals surface area contributed by atoms with E-state index >= 15 is 0 Å². The Kier molecular flexibility index (Phi) is 6.08. The molecule has 1 fully saturated rings. The van der Waals surface area contributed by atoms with E-state index in [1.807, 2.05) is 11.8 Å². The maximum Gasteiger partial charge on any atom is 0.317 e. The summed E-state index contributed by atoms with van der Waals surface area (Å²) in [6.07, 6.45) is 1.29. The van der Waals surface area contributed by atoms with Gasteiger partial charge in [-0.2, -0.15) is 0 Å². The summed E-state index contributed by atoms with van der Waals surface area (Å²) in [5.41, 5.74) is 0. The van der Waals surface area contributed by atoms with E-state index in [-0.39, 0.29) is 18.0 Å². The van der Waals surface area contributed by atoms with Crippen molar-refractivity contribution in [3.05, 3.63) is 0 Å². The summed E-state index contributed by atoms with van der Waals surface area (Å²) >= 11 is 0. The number of hydrogen-bond donors (Lipinski definition) is 2. The second kappa shape index (κ2) is 7.33. The number of urea groups is 1. The van der Waals surface area contributed by atoms with Crippen molar-refractivity contribution in [3.63, 3.8) is 0 Å². The molecule has 1 aliphatic rings. The van der Waals surface area contributed by atoms with Crippen molar-refractivity contribution in [2.45, 2.75) is 32.7 Å². The van der Waals surface area contributed by atoms with Crippen molar-refractivity contribution in [1.29, 1.82) is 0 Å². The summed E-state index contributed by atoms with van der Waals surface area (Å²) in [5, 5.41) is 11.6. The number of rotatable bonds is 5. The first-order chi connectivity index (χ1) is 8.91. The first-order valence-corrected chi connectivity index (χ1v) is 6.87. The van der Waals surface area contributed by atoms with Gasteiger partial charge in [-0.1, -0.05) is 6.92 Å². The zero-order chi connectivity index (χ0) is 14.4. The predicted octanol–water partition coefficient (Wildman–Crippen LogP) is 0.833. The first kappa shape index (κ1) is 15.8. The van der Waals surface area contributed by atoms with Gasteiger partial charge in [-0.05, 0) is 26.8 Å². The van der Waals surface area contributed by atoms with Gasteiger partial charge in [0.2, 0.25) is 0 Å². The first-order valence-electron chi connectivity index (χ1n) is 6.87. The van der Waals surface area contributed by atoms with Gasteiger partial charge in [-0.25, -0.2) is 4.79 Å². The normalized spacial score (nSPS) is 22.1. The van der Waals surface area contributed by atoms with Gasteiger partial charge in [0, 0.05) is 32.2 Å². The molecule has 110 valence electrons. The van der Waals surface area contributed by atoms with Gasteiger partial charge in [-0.3, -0.25) is 4.79 Å². The molecule has 0 aliphatic carbocycles. The molecule has 0 radical (unpaired) electrons. The smallest absolute Gasteiger partial charge is 0.317 e. The topological polar surface area (TPSA) is 72.9 Å². The summed E-state index contributed by atoms with van der Waals surface area (Å²) in [4.78, 5) is 26.7. The van der Waals surface area contributed by atoms with Crippen LogP contribution in [-0.2, 0) is 4.79 Å². The van der Waals surface area contributed by atoms with E-state index < -0.39 is 5.97 Å². The number of aliphatic carboxylic acids is 1. The van der Waals surface area contributed by atoms with Crippen LogP contribution in [0.3, 0.4) is 0 Å². The minimum atomic E-state index is -0.779. The molecule has 1 rings (SSSR count). The van der Waals surface area contributed by atoms with E-state index in [1.54, 1.807) is 6.92 Å². The van der Waals surface area contributed by atoms with Crippen molar-refractivity contribution >= 4 is 12.0 Å². The minimum Gasteiger partial charge on any atom is -0.481 e. The molecule has 6 heteroatoms. The Labute approximate surface area is 114 Å². The van der Waals surface area contributed by atoms with Crippen LogP contribution in [0, 0.1) is 5.92 Å². The van der Waals surface area contributed by atoms with Gasteiger partial charge in [0.25, 0.3) is 0 Å². The van der Waals surface area contributed by atoms with E-state index in [0.717, 1.165) is 19.6 Å². The molecule has 0 saturated carbocycles. The third kappa shape index (κ3) is 5.06. The number of carbonyl (C=O) groups excluding carboxylic acids is 1. The van der Waals surface area contributed by atoms with Gasteiger partial charge in [0.15, 0.2) is 0 Å². The predicted molar refractivity (Wildman–Crippen MR) is 73.1 cm³/mol. The Hall–Kier alpha value is -1.30. The Balaban J connectivity index is 2.22. The molecule has 2 amide bonds. The highest BCUT2D eigenvalue weighted by Gasteiger charge is 2.25. The number of nitrogens with one attached hydrogen (secondary N) is 1. The molecule has 0 aromatic rings.